The van der Waals surface area contributed by atoms with E-state index >= 15 is 0 Å². The molecule has 1 aromatic heterocycles. The van der Waals surface area contributed by atoms with Gasteiger partial charge in [-0.25, -0.2) is 4.79 Å². The molecule has 2 N–H and O–H groups in total. The van der Waals surface area contributed by atoms with E-state index in [0.717, 1.165) is 5.56 Å². The monoisotopic (exact) mass is 274 g/mol. The Balaban J connectivity index is 1.92. The Labute approximate surface area is 117 Å². The second kappa shape index (κ2) is 5.73. The Morgan fingerprint density at radius 3 is 2.60 bits per heavy atom. The Morgan fingerprint density at radius 1 is 1.25 bits per heavy atom. The molecule has 0 radical (unpaired) electrons. The van der Waals surface area contributed by atoms with Gasteiger partial charge in [0.2, 0.25) is 11.7 Å². The summed E-state index contributed by atoms with van der Waals surface area (Å²) in [6, 6.07) is 9.25. The van der Waals surface area contributed by atoms with Crippen molar-refractivity contribution < 1.29 is 9.32 Å². The van der Waals surface area contributed by atoms with Crippen molar-refractivity contribution in [2.45, 2.75) is 32.9 Å². The molecule has 0 saturated carbocycles. The first-order valence-electron chi connectivity index (χ1n) is 6.38. The van der Waals surface area contributed by atoms with Gasteiger partial charge < -0.3 is 15.2 Å². The van der Waals surface area contributed by atoms with Crippen LogP contribution in [0.3, 0.4) is 0 Å². The van der Waals surface area contributed by atoms with E-state index in [0.29, 0.717) is 11.7 Å². The molecular weight excluding hydrogens is 256 g/mol. The van der Waals surface area contributed by atoms with Crippen molar-refractivity contribution in [3.05, 3.63) is 36.2 Å². The van der Waals surface area contributed by atoms with E-state index in [1.165, 1.54) is 0 Å². The SMILES string of the molecule is CC(C)(C)NC(=O)NCc1nc(-c2ccccc2)no1. The molecule has 0 fully saturated rings. The van der Waals surface area contributed by atoms with Crippen molar-refractivity contribution in [3.63, 3.8) is 0 Å². The van der Waals surface area contributed by atoms with Crippen LogP contribution in [0.25, 0.3) is 11.4 Å². The molecular formula is C14H18N4O2. The van der Waals surface area contributed by atoms with Gasteiger partial charge in [0.25, 0.3) is 0 Å². The third kappa shape index (κ3) is 4.08. The molecule has 2 rings (SSSR count). The molecule has 0 bridgehead atoms. The molecule has 0 saturated heterocycles. The van der Waals surface area contributed by atoms with Crippen LogP contribution in [0.1, 0.15) is 26.7 Å². The number of amides is 2. The minimum Gasteiger partial charge on any atom is -0.337 e. The summed E-state index contributed by atoms with van der Waals surface area (Å²) >= 11 is 0. The van der Waals surface area contributed by atoms with E-state index in [-0.39, 0.29) is 18.1 Å². The molecule has 20 heavy (non-hydrogen) atoms. The average Bonchev–Trinajstić information content (AvgIpc) is 2.84. The van der Waals surface area contributed by atoms with Gasteiger partial charge >= 0.3 is 6.03 Å². The summed E-state index contributed by atoms with van der Waals surface area (Å²) in [6.07, 6.45) is 0. The highest BCUT2D eigenvalue weighted by atomic mass is 16.5. The highest BCUT2D eigenvalue weighted by Crippen LogP contribution is 2.14. The second-order valence-electron chi connectivity index (χ2n) is 5.44. The molecule has 0 aliphatic carbocycles. The Bertz CT molecular complexity index is 572. The van der Waals surface area contributed by atoms with Gasteiger partial charge in [-0.3, -0.25) is 0 Å². The van der Waals surface area contributed by atoms with Gasteiger partial charge in [-0.05, 0) is 20.8 Å². The fourth-order valence-electron chi connectivity index (χ4n) is 1.57. The molecule has 6 nitrogen and oxygen atoms in total. The van der Waals surface area contributed by atoms with E-state index in [4.69, 9.17) is 4.52 Å². The van der Waals surface area contributed by atoms with E-state index in [2.05, 4.69) is 20.8 Å². The molecule has 2 aromatic rings. The van der Waals surface area contributed by atoms with Gasteiger partial charge in [-0.15, -0.1) is 0 Å². The number of nitrogens with one attached hydrogen (secondary N) is 2. The smallest absolute Gasteiger partial charge is 0.315 e. The largest absolute Gasteiger partial charge is 0.337 e. The van der Waals surface area contributed by atoms with Crippen LogP contribution in [-0.2, 0) is 6.54 Å². The maximum absolute atomic E-state index is 11.6. The first-order valence-corrected chi connectivity index (χ1v) is 6.38. The lowest BCUT2D eigenvalue weighted by Crippen LogP contribution is -2.46. The van der Waals surface area contributed by atoms with Crippen LogP contribution in [0.5, 0.6) is 0 Å². The van der Waals surface area contributed by atoms with Crippen LogP contribution in [0, 0.1) is 0 Å². The number of carbonyl (C=O) groups is 1. The molecule has 0 spiro atoms. The quantitative estimate of drug-likeness (QED) is 0.900. The molecule has 0 aliphatic heterocycles. The first kappa shape index (κ1) is 14.0. The zero-order valence-electron chi connectivity index (χ0n) is 11.8. The van der Waals surface area contributed by atoms with Gasteiger partial charge in [0.1, 0.15) is 0 Å². The predicted molar refractivity (Wildman–Crippen MR) is 74.9 cm³/mol. The Morgan fingerprint density at radius 2 is 1.95 bits per heavy atom. The lowest BCUT2D eigenvalue weighted by Gasteiger charge is -2.20. The topological polar surface area (TPSA) is 80.0 Å². The fraction of sp³-hybridized carbons (Fsp3) is 0.357. The molecule has 0 aliphatic rings. The van der Waals surface area contributed by atoms with Crippen LogP contribution in [0.2, 0.25) is 0 Å². The highest BCUT2D eigenvalue weighted by molar-refractivity contribution is 5.74. The van der Waals surface area contributed by atoms with Gasteiger partial charge in [-0.2, -0.15) is 4.98 Å². The minimum absolute atomic E-state index is 0.196. The standard InChI is InChI=1S/C14H18N4O2/c1-14(2,3)17-13(19)15-9-11-16-12(18-20-11)10-7-5-4-6-8-10/h4-8H,9H2,1-3H3,(H2,15,17,19). The summed E-state index contributed by atoms with van der Waals surface area (Å²) in [5, 5.41) is 9.34. The molecule has 0 unspecified atom stereocenters. The maximum atomic E-state index is 11.6. The van der Waals surface area contributed by atoms with E-state index < -0.39 is 0 Å². The zero-order chi connectivity index (χ0) is 14.6. The third-order valence-corrected chi connectivity index (χ3v) is 2.39. The van der Waals surface area contributed by atoms with Crippen LogP contribution >= 0.6 is 0 Å². The number of hydrogen-bond donors (Lipinski definition) is 2. The normalized spacial score (nSPS) is 11.2. The summed E-state index contributed by atoms with van der Waals surface area (Å²) < 4.78 is 5.10. The van der Waals surface area contributed by atoms with Gasteiger partial charge in [0.05, 0.1) is 6.54 Å². The summed E-state index contributed by atoms with van der Waals surface area (Å²) in [7, 11) is 0. The van der Waals surface area contributed by atoms with Crippen molar-refractivity contribution in [2.24, 2.45) is 0 Å². The van der Waals surface area contributed by atoms with Gasteiger partial charge in [0, 0.05) is 11.1 Å². The second-order valence-corrected chi connectivity index (χ2v) is 5.44. The summed E-state index contributed by atoms with van der Waals surface area (Å²) in [5.41, 5.74) is 0.593. The van der Waals surface area contributed by atoms with Crippen LogP contribution in [0.4, 0.5) is 4.79 Å². The van der Waals surface area contributed by atoms with E-state index in [1.807, 2.05) is 51.1 Å². The number of rotatable bonds is 3. The summed E-state index contributed by atoms with van der Waals surface area (Å²) in [4.78, 5) is 15.8. The van der Waals surface area contributed by atoms with Crippen molar-refractivity contribution in [1.82, 2.24) is 20.8 Å². The number of urea groups is 1. The molecule has 0 atom stereocenters. The number of aromatic nitrogens is 2. The van der Waals surface area contributed by atoms with Gasteiger partial charge in [0.15, 0.2) is 0 Å². The summed E-state index contributed by atoms with van der Waals surface area (Å²) in [5.74, 6) is 0.881. The average molecular weight is 274 g/mol. The zero-order valence-corrected chi connectivity index (χ0v) is 11.8. The number of nitrogens with zero attached hydrogens (tertiary/aromatic N) is 2. The molecule has 106 valence electrons. The predicted octanol–water partition coefficient (Wildman–Crippen LogP) is 2.33. The number of benzene rings is 1. The summed E-state index contributed by atoms with van der Waals surface area (Å²) in [6.45, 7) is 5.92. The van der Waals surface area contributed by atoms with Crippen molar-refractivity contribution >= 4 is 6.03 Å². The molecule has 1 aromatic carbocycles. The van der Waals surface area contributed by atoms with Crippen LogP contribution in [0.15, 0.2) is 34.9 Å². The fourth-order valence-corrected chi connectivity index (χ4v) is 1.57. The lowest BCUT2D eigenvalue weighted by atomic mass is 10.1. The maximum Gasteiger partial charge on any atom is 0.315 e. The van der Waals surface area contributed by atoms with Crippen LogP contribution in [-0.4, -0.2) is 21.7 Å². The number of carbonyl (C=O) groups excluding carboxylic acids is 1. The van der Waals surface area contributed by atoms with Gasteiger partial charge in [-0.1, -0.05) is 35.5 Å². The third-order valence-electron chi connectivity index (χ3n) is 2.39. The first-order chi connectivity index (χ1) is 9.44. The van der Waals surface area contributed by atoms with Crippen molar-refractivity contribution in [3.8, 4) is 11.4 Å². The Kier molecular flexibility index (Phi) is 4.02. The highest BCUT2D eigenvalue weighted by Gasteiger charge is 2.14. The molecule has 2 amide bonds. The minimum atomic E-state index is -0.284. The van der Waals surface area contributed by atoms with E-state index in [1.54, 1.807) is 0 Å². The molecule has 6 heteroatoms. The van der Waals surface area contributed by atoms with E-state index in [9.17, 15) is 4.79 Å². The van der Waals surface area contributed by atoms with Crippen molar-refractivity contribution in [1.29, 1.82) is 0 Å². The van der Waals surface area contributed by atoms with Crippen molar-refractivity contribution in [2.75, 3.05) is 0 Å². The lowest BCUT2D eigenvalue weighted by molar-refractivity contribution is 0.229. The Hall–Kier alpha value is -2.37. The number of hydrogen-bond acceptors (Lipinski definition) is 4. The van der Waals surface area contributed by atoms with Crippen LogP contribution < -0.4 is 10.6 Å². The molecule has 1 heterocycles.